The highest BCUT2D eigenvalue weighted by atomic mass is 32.2. The second kappa shape index (κ2) is 6.66. The minimum Gasteiger partial charge on any atom is -0.354 e. The predicted molar refractivity (Wildman–Crippen MR) is 105 cm³/mol. The van der Waals surface area contributed by atoms with Crippen LogP contribution in [0.3, 0.4) is 0 Å². The summed E-state index contributed by atoms with van der Waals surface area (Å²) in [5.74, 6) is 0.371. The van der Waals surface area contributed by atoms with Gasteiger partial charge in [0.15, 0.2) is 5.78 Å². The van der Waals surface area contributed by atoms with Crippen molar-refractivity contribution < 1.29 is 4.79 Å². The van der Waals surface area contributed by atoms with Crippen LogP contribution in [-0.2, 0) is 0 Å². The van der Waals surface area contributed by atoms with Gasteiger partial charge in [-0.15, -0.1) is 5.10 Å². The summed E-state index contributed by atoms with van der Waals surface area (Å²) in [4.78, 5) is 16.6. The highest BCUT2D eigenvalue weighted by Gasteiger charge is 2.28. The SMILES string of the molecule is O=C(CSc1nnnn1C1CC1)c1c(-c2ccccc2)[nH]c2ccccc12. The molecule has 1 aliphatic rings. The lowest BCUT2D eigenvalue weighted by atomic mass is 10.0. The number of H-pyrrole nitrogens is 1. The van der Waals surface area contributed by atoms with E-state index in [1.165, 1.54) is 11.8 Å². The zero-order valence-electron chi connectivity index (χ0n) is 14.5. The largest absolute Gasteiger partial charge is 0.354 e. The van der Waals surface area contributed by atoms with Gasteiger partial charge in [0.2, 0.25) is 5.16 Å². The number of rotatable bonds is 6. The number of thioether (sulfide) groups is 1. The molecule has 4 aromatic rings. The molecule has 5 rings (SSSR count). The van der Waals surface area contributed by atoms with Crippen molar-refractivity contribution in [2.45, 2.75) is 24.0 Å². The van der Waals surface area contributed by atoms with Gasteiger partial charge >= 0.3 is 0 Å². The van der Waals surface area contributed by atoms with Crippen LogP contribution in [0.1, 0.15) is 29.2 Å². The molecule has 27 heavy (non-hydrogen) atoms. The molecule has 134 valence electrons. The van der Waals surface area contributed by atoms with E-state index in [9.17, 15) is 4.79 Å². The minimum atomic E-state index is 0.0710. The Bertz CT molecular complexity index is 1110. The van der Waals surface area contributed by atoms with Crippen molar-refractivity contribution in [3.8, 4) is 11.3 Å². The van der Waals surface area contributed by atoms with Crippen LogP contribution in [0, 0.1) is 0 Å². The van der Waals surface area contributed by atoms with Crippen LogP contribution in [0.25, 0.3) is 22.2 Å². The lowest BCUT2D eigenvalue weighted by molar-refractivity contribution is 0.102. The summed E-state index contributed by atoms with van der Waals surface area (Å²) in [6.07, 6.45) is 2.21. The lowest BCUT2D eigenvalue weighted by Gasteiger charge is -2.05. The third-order valence-corrected chi connectivity index (χ3v) is 5.67. The average Bonchev–Trinajstić information content (AvgIpc) is 3.31. The Hall–Kier alpha value is -2.93. The number of aromatic amines is 1. The number of benzene rings is 2. The van der Waals surface area contributed by atoms with Crippen LogP contribution in [0.2, 0.25) is 0 Å². The van der Waals surface area contributed by atoms with E-state index in [2.05, 4.69) is 20.5 Å². The summed E-state index contributed by atoms with van der Waals surface area (Å²) in [6.45, 7) is 0. The van der Waals surface area contributed by atoms with Crippen LogP contribution in [0.5, 0.6) is 0 Å². The van der Waals surface area contributed by atoms with Crippen molar-refractivity contribution in [3.05, 3.63) is 60.2 Å². The predicted octanol–water partition coefficient (Wildman–Crippen LogP) is 4.13. The van der Waals surface area contributed by atoms with Gasteiger partial charge < -0.3 is 4.98 Å². The molecule has 1 fully saturated rings. The first kappa shape index (κ1) is 16.3. The van der Waals surface area contributed by atoms with Gasteiger partial charge in [-0.25, -0.2) is 4.68 Å². The molecule has 0 saturated heterocycles. The molecular formula is C20H17N5OS. The normalized spacial score (nSPS) is 13.9. The molecule has 2 aromatic heterocycles. The average molecular weight is 375 g/mol. The van der Waals surface area contributed by atoms with Crippen molar-refractivity contribution in [1.82, 2.24) is 25.2 Å². The highest BCUT2D eigenvalue weighted by molar-refractivity contribution is 7.99. The summed E-state index contributed by atoms with van der Waals surface area (Å²) in [5, 5.41) is 13.6. The monoisotopic (exact) mass is 375 g/mol. The van der Waals surface area contributed by atoms with Gasteiger partial charge in [-0.3, -0.25) is 4.79 Å². The second-order valence-corrected chi connectivity index (χ2v) is 7.58. The second-order valence-electron chi connectivity index (χ2n) is 6.64. The Labute approximate surface area is 160 Å². The van der Waals surface area contributed by atoms with Crippen molar-refractivity contribution in [2.24, 2.45) is 0 Å². The molecule has 0 atom stereocenters. The van der Waals surface area contributed by atoms with E-state index < -0.39 is 0 Å². The van der Waals surface area contributed by atoms with Gasteiger partial charge in [-0.1, -0.05) is 60.3 Å². The van der Waals surface area contributed by atoms with Crippen LogP contribution < -0.4 is 0 Å². The number of Topliss-reactive ketones (excluding diaryl/α,β-unsaturated/α-hetero) is 1. The molecular weight excluding hydrogens is 358 g/mol. The fourth-order valence-electron chi connectivity index (χ4n) is 3.28. The van der Waals surface area contributed by atoms with Crippen molar-refractivity contribution in [1.29, 1.82) is 0 Å². The van der Waals surface area contributed by atoms with Gasteiger partial charge in [0, 0.05) is 10.9 Å². The van der Waals surface area contributed by atoms with Crippen molar-refractivity contribution >= 4 is 28.4 Å². The Morgan fingerprint density at radius 2 is 1.89 bits per heavy atom. The fourth-order valence-corrected chi connectivity index (χ4v) is 4.10. The van der Waals surface area contributed by atoms with Gasteiger partial charge in [0.1, 0.15) is 0 Å². The number of tetrazole rings is 1. The molecule has 1 N–H and O–H groups in total. The Kier molecular flexibility index (Phi) is 4.01. The molecule has 0 unspecified atom stereocenters. The zero-order chi connectivity index (χ0) is 18.2. The standard InChI is InChI=1S/C20H17N5OS/c26-17(12-27-20-22-23-24-25(20)14-10-11-14)18-15-8-4-5-9-16(15)21-19(18)13-6-2-1-3-7-13/h1-9,14,21H,10-12H2. The number of nitrogens with zero attached hydrogens (tertiary/aromatic N) is 4. The first-order valence-corrected chi connectivity index (χ1v) is 9.90. The molecule has 1 aliphatic carbocycles. The third-order valence-electron chi connectivity index (χ3n) is 4.74. The molecule has 0 radical (unpaired) electrons. The van der Waals surface area contributed by atoms with Crippen molar-refractivity contribution in [3.63, 3.8) is 0 Å². The summed E-state index contributed by atoms with van der Waals surface area (Å²) < 4.78 is 1.84. The van der Waals surface area contributed by atoms with Crippen LogP contribution >= 0.6 is 11.8 Å². The van der Waals surface area contributed by atoms with Crippen LogP contribution in [0.15, 0.2) is 59.8 Å². The van der Waals surface area contributed by atoms with E-state index in [1.54, 1.807) is 0 Å². The highest BCUT2D eigenvalue weighted by Crippen LogP contribution is 2.37. The van der Waals surface area contributed by atoms with Gasteiger partial charge in [0.05, 0.1) is 23.1 Å². The third kappa shape index (κ3) is 3.04. The molecule has 1 saturated carbocycles. The summed E-state index contributed by atoms with van der Waals surface area (Å²) in [7, 11) is 0. The molecule has 6 nitrogen and oxygen atoms in total. The summed E-state index contributed by atoms with van der Waals surface area (Å²) in [6, 6.07) is 18.3. The van der Waals surface area contributed by atoms with Crippen molar-refractivity contribution in [2.75, 3.05) is 5.75 Å². The maximum atomic E-state index is 13.2. The number of carbonyl (C=O) groups excluding carboxylic acids is 1. The van der Waals surface area contributed by atoms with E-state index >= 15 is 0 Å². The number of fused-ring (bicyclic) bond motifs is 1. The van der Waals surface area contributed by atoms with E-state index in [1.807, 2.05) is 59.3 Å². The van der Waals surface area contributed by atoms with E-state index in [4.69, 9.17) is 0 Å². The van der Waals surface area contributed by atoms with Gasteiger partial charge in [-0.2, -0.15) is 0 Å². The van der Waals surface area contributed by atoms with Crippen LogP contribution in [-0.4, -0.2) is 36.7 Å². The minimum absolute atomic E-state index is 0.0710. The van der Waals surface area contributed by atoms with E-state index in [-0.39, 0.29) is 5.78 Å². The zero-order valence-corrected chi connectivity index (χ0v) is 15.3. The number of para-hydroxylation sites is 1. The van der Waals surface area contributed by atoms with Gasteiger partial charge in [-0.05, 0) is 34.9 Å². The first-order chi connectivity index (χ1) is 13.3. The molecule has 2 heterocycles. The molecule has 7 heteroatoms. The topological polar surface area (TPSA) is 76.5 Å². The Balaban J connectivity index is 1.49. The smallest absolute Gasteiger partial charge is 0.210 e. The molecule has 0 aliphatic heterocycles. The maximum Gasteiger partial charge on any atom is 0.210 e. The summed E-state index contributed by atoms with van der Waals surface area (Å²) in [5.41, 5.74) is 3.57. The maximum absolute atomic E-state index is 13.2. The Morgan fingerprint density at radius 3 is 2.70 bits per heavy atom. The molecule has 0 bridgehead atoms. The number of carbonyl (C=O) groups is 1. The fraction of sp³-hybridized carbons (Fsp3) is 0.200. The van der Waals surface area contributed by atoms with E-state index in [0.717, 1.165) is 40.6 Å². The van der Waals surface area contributed by atoms with E-state index in [0.29, 0.717) is 17.0 Å². The quantitative estimate of drug-likeness (QED) is 0.405. The van der Waals surface area contributed by atoms with Gasteiger partial charge in [0.25, 0.3) is 0 Å². The molecule has 2 aromatic carbocycles. The molecule has 0 amide bonds. The number of hydrogen-bond donors (Lipinski definition) is 1. The number of hydrogen-bond acceptors (Lipinski definition) is 5. The summed E-state index contributed by atoms with van der Waals surface area (Å²) >= 11 is 1.40. The number of ketones is 1. The Morgan fingerprint density at radius 1 is 1.11 bits per heavy atom. The van der Waals surface area contributed by atoms with Crippen LogP contribution in [0.4, 0.5) is 0 Å². The number of aromatic nitrogens is 5. The lowest BCUT2D eigenvalue weighted by Crippen LogP contribution is -2.06. The number of nitrogens with one attached hydrogen (secondary N) is 1. The molecule has 0 spiro atoms. The first-order valence-electron chi connectivity index (χ1n) is 8.91.